The van der Waals surface area contributed by atoms with Gasteiger partial charge in [-0.2, -0.15) is 0 Å². The van der Waals surface area contributed by atoms with Crippen molar-refractivity contribution in [2.24, 2.45) is 5.73 Å². The Morgan fingerprint density at radius 2 is 2.12 bits per heavy atom. The van der Waals surface area contributed by atoms with Crippen molar-refractivity contribution in [3.05, 3.63) is 34.9 Å². The molecule has 0 fully saturated rings. The SMILES string of the molecule is CC(C)(SCc1ccccc1Cl)[C@H](N)C(=O)O. The molecule has 3 N–H and O–H groups in total. The zero-order chi connectivity index (χ0) is 13.1. The summed E-state index contributed by atoms with van der Waals surface area (Å²) in [5.74, 6) is -0.338. The van der Waals surface area contributed by atoms with Crippen LogP contribution in [-0.2, 0) is 10.5 Å². The maximum atomic E-state index is 10.9. The van der Waals surface area contributed by atoms with Gasteiger partial charge in [-0.25, -0.2) is 0 Å². The van der Waals surface area contributed by atoms with Crippen molar-refractivity contribution in [1.82, 2.24) is 0 Å². The number of halogens is 1. The van der Waals surface area contributed by atoms with Crippen LogP contribution in [0.4, 0.5) is 0 Å². The van der Waals surface area contributed by atoms with E-state index in [1.807, 2.05) is 38.1 Å². The standard InChI is InChI=1S/C12H16ClNO2S/c1-12(2,10(14)11(15)16)17-7-8-5-3-4-6-9(8)13/h3-6,10H,7,14H2,1-2H3,(H,15,16)/t10-/m1/s1. The molecule has 17 heavy (non-hydrogen) atoms. The number of nitrogens with two attached hydrogens (primary N) is 1. The van der Waals surface area contributed by atoms with Gasteiger partial charge in [0.05, 0.1) is 0 Å². The van der Waals surface area contributed by atoms with Crippen LogP contribution in [0.5, 0.6) is 0 Å². The van der Waals surface area contributed by atoms with Crippen molar-refractivity contribution >= 4 is 29.3 Å². The van der Waals surface area contributed by atoms with Crippen LogP contribution < -0.4 is 5.73 Å². The van der Waals surface area contributed by atoms with E-state index >= 15 is 0 Å². The number of benzene rings is 1. The van der Waals surface area contributed by atoms with E-state index in [4.69, 9.17) is 22.4 Å². The maximum absolute atomic E-state index is 10.9. The minimum absolute atomic E-state index is 0.537. The summed E-state index contributed by atoms with van der Waals surface area (Å²) < 4.78 is -0.537. The van der Waals surface area contributed by atoms with E-state index in [0.29, 0.717) is 10.8 Å². The van der Waals surface area contributed by atoms with Crippen molar-refractivity contribution in [1.29, 1.82) is 0 Å². The highest BCUT2D eigenvalue weighted by Crippen LogP contribution is 2.32. The van der Waals surface area contributed by atoms with E-state index < -0.39 is 16.8 Å². The summed E-state index contributed by atoms with van der Waals surface area (Å²) in [5, 5.41) is 9.60. The smallest absolute Gasteiger partial charge is 0.321 e. The summed E-state index contributed by atoms with van der Waals surface area (Å²) in [6.07, 6.45) is 0. The molecule has 0 saturated carbocycles. The summed E-state index contributed by atoms with van der Waals surface area (Å²) in [7, 11) is 0. The summed E-state index contributed by atoms with van der Waals surface area (Å²) in [5.41, 5.74) is 6.63. The number of thioether (sulfide) groups is 1. The highest BCUT2D eigenvalue weighted by molar-refractivity contribution is 7.99. The van der Waals surface area contributed by atoms with Gasteiger partial charge in [0, 0.05) is 15.5 Å². The summed E-state index contributed by atoms with van der Waals surface area (Å²) >= 11 is 7.53. The molecule has 0 bridgehead atoms. The second kappa shape index (κ2) is 5.76. The molecule has 1 atom stereocenters. The minimum Gasteiger partial charge on any atom is -0.480 e. The van der Waals surface area contributed by atoms with Crippen molar-refractivity contribution in [2.75, 3.05) is 0 Å². The lowest BCUT2D eigenvalue weighted by molar-refractivity contribution is -0.139. The Labute approximate surface area is 110 Å². The minimum atomic E-state index is -0.985. The molecule has 0 aliphatic carbocycles. The normalized spacial score (nSPS) is 13.4. The van der Waals surface area contributed by atoms with Gasteiger partial charge in [0.1, 0.15) is 6.04 Å². The first kappa shape index (κ1) is 14.4. The Bertz CT molecular complexity index is 409. The molecule has 1 aromatic rings. The fraction of sp³-hybridized carbons (Fsp3) is 0.417. The van der Waals surface area contributed by atoms with Gasteiger partial charge in [-0.05, 0) is 25.5 Å². The summed E-state index contributed by atoms with van der Waals surface area (Å²) in [6.45, 7) is 3.65. The number of aliphatic carboxylic acids is 1. The molecule has 0 heterocycles. The maximum Gasteiger partial charge on any atom is 0.321 e. The monoisotopic (exact) mass is 273 g/mol. The van der Waals surface area contributed by atoms with Crippen LogP contribution in [0.2, 0.25) is 5.02 Å². The summed E-state index contributed by atoms with van der Waals surface area (Å²) in [6, 6.07) is 6.63. The number of rotatable bonds is 5. The molecule has 0 aromatic heterocycles. The molecule has 0 spiro atoms. The zero-order valence-corrected chi connectivity index (χ0v) is 11.4. The molecule has 0 radical (unpaired) electrons. The third kappa shape index (κ3) is 3.91. The molecule has 1 aromatic carbocycles. The van der Waals surface area contributed by atoms with Gasteiger partial charge in [-0.1, -0.05) is 29.8 Å². The fourth-order valence-corrected chi connectivity index (χ4v) is 2.61. The van der Waals surface area contributed by atoms with E-state index in [1.54, 1.807) is 0 Å². The molecule has 0 amide bonds. The molecule has 1 rings (SSSR count). The van der Waals surface area contributed by atoms with E-state index in [2.05, 4.69) is 0 Å². The average molecular weight is 274 g/mol. The van der Waals surface area contributed by atoms with Crippen LogP contribution in [0.1, 0.15) is 19.4 Å². The van der Waals surface area contributed by atoms with Gasteiger partial charge in [0.15, 0.2) is 0 Å². The van der Waals surface area contributed by atoms with Gasteiger partial charge < -0.3 is 10.8 Å². The quantitative estimate of drug-likeness (QED) is 0.866. The second-order valence-corrected chi connectivity index (χ2v) is 6.34. The van der Waals surface area contributed by atoms with Crippen LogP contribution in [-0.4, -0.2) is 21.9 Å². The fourth-order valence-electron chi connectivity index (χ4n) is 1.27. The Balaban J connectivity index is 2.67. The molecular formula is C12H16ClNO2S. The van der Waals surface area contributed by atoms with Gasteiger partial charge >= 0.3 is 5.97 Å². The Hall–Kier alpha value is -0.710. The number of hydrogen-bond acceptors (Lipinski definition) is 3. The van der Waals surface area contributed by atoms with E-state index in [-0.39, 0.29) is 0 Å². The Morgan fingerprint density at radius 1 is 1.53 bits per heavy atom. The van der Waals surface area contributed by atoms with Crippen LogP contribution >= 0.6 is 23.4 Å². The number of carbonyl (C=O) groups is 1. The van der Waals surface area contributed by atoms with E-state index in [1.165, 1.54) is 11.8 Å². The van der Waals surface area contributed by atoms with Gasteiger partial charge in [0.2, 0.25) is 0 Å². The molecule has 0 aliphatic heterocycles. The highest BCUT2D eigenvalue weighted by Gasteiger charge is 2.32. The lowest BCUT2D eigenvalue weighted by Crippen LogP contribution is -2.46. The van der Waals surface area contributed by atoms with Crippen molar-refractivity contribution in [2.45, 2.75) is 30.4 Å². The zero-order valence-electron chi connectivity index (χ0n) is 9.81. The van der Waals surface area contributed by atoms with Crippen LogP contribution in [0, 0.1) is 0 Å². The average Bonchev–Trinajstić information content (AvgIpc) is 2.27. The first-order valence-electron chi connectivity index (χ1n) is 5.20. The number of hydrogen-bond donors (Lipinski definition) is 2. The van der Waals surface area contributed by atoms with Gasteiger partial charge in [0.25, 0.3) is 0 Å². The van der Waals surface area contributed by atoms with Crippen LogP contribution in [0.15, 0.2) is 24.3 Å². The Kier molecular flexibility index (Phi) is 4.86. The van der Waals surface area contributed by atoms with Crippen molar-refractivity contribution in [3.63, 3.8) is 0 Å². The number of carboxylic acids is 1. The highest BCUT2D eigenvalue weighted by atomic mass is 35.5. The number of carboxylic acid groups (broad SMARTS) is 1. The second-order valence-electron chi connectivity index (χ2n) is 4.30. The third-order valence-corrected chi connectivity index (χ3v) is 4.39. The predicted molar refractivity (Wildman–Crippen MR) is 72.4 cm³/mol. The third-order valence-electron chi connectivity index (χ3n) is 2.57. The lowest BCUT2D eigenvalue weighted by Gasteiger charge is -2.28. The topological polar surface area (TPSA) is 63.3 Å². The van der Waals surface area contributed by atoms with Crippen molar-refractivity contribution in [3.8, 4) is 0 Å². The van der Waals surface area contributed by atoms with Crippen LogP contribution in [0.3, 0.4) is 0 Å². The molecule has 3 nitrogen and oxygen atoms in total. The molecule has 0 saturated heterocycles. The van der Waals surface area contributed by atoms with Crippen molar-refractivity contribution < 1.29 is 9.90 Å². The molecule has 0 aliphatic rings. The van der Waals surface area contributed by atoms with Gasteiger partial charge in [-0.3, -0.25) is 4.79 Å². The molecule has 5 heteroatoms. The van der Waals surface area contributed by atoms with Gasteiger partial charge in [-0.15, -0.1) is 11.8 Å². The molecule has 94 valence electrons. The first-order chi connectivity index (χ1) is 7.84. The summed E-state index contributed by atoms with van der Waals surface area (Å²) in [4.78, 5) is 10.9. The largest absolute Gasteiger partial charge is 0.480 e. The van der Waals surface area contributed by atoms with E-state index in [9.17, 15) is 4.79 Å². The lowest BCUT2D eigenvalue weighted by atomic mass is 10.1. The predicted octanol–water partition coefficient (Wildman–Crippen LogP) is 2.76. The molecular weight excluding hydrogens is 258 g/mol. The molecule has 0 unspecified atom stereocenters. The Morgan fingerprint density at radius 3 is 2.65 bits per heavy atom. The van der Waals surface area contributed by atoms with E-state index in [0.717, 1.165) is 5.56 Å². The van der Waals surface area contributed by atoms with Crippen LogP contribution in [0.25, 0.3) is 0 Å². The first-order valence-corrected chi connectivity index (χ1v) is 6.56.